The minimum absolute atomic E-state index is 0.199. The number of rotatable bonds is 0. The second-order valence-corrected chi connectivity index (χ2v) is 4.92. The Morgan fingerprint density at radius 1 is 0.944 bits per heavy atom. The Morgan fingerprint density at radius 2 is 1.83 bits per heavy atom. The molecule has 0 N–H and O–H groups in total. The largest absolute Gasteiger partial charge is 0.294 e. The monoisotopic (exact) mass is 232 g/mol. The first-order valence-electron chi connectivity index (χ1n) is 6.29. The Labute approximate surface area is 105 Å². The van der Waals surface area contributed by atoms with Crippen LogP contribution in [-0.4, -0.2) is 5.78 Å². The van der Waals surface area contributed by atoms with E-state index in [1.165, 1.54) is 27.1 Å². The molecule has 0 aromatic heterocycles. The smallest absolute Gasteiger partial charge is 0.160 e. The molecule has 2 aromatic rings. The van der Waals surface area contributed by atoms with E-state index in [0.717, 1.165) is 11.6 Å². The summed E-state index contributed by atoms with van der Waals surface area (Å²) in [6.45, 7) is 0. The molecule has 0 amide bonds. The minimum Gasteiger partial charge on any atom is -0.294 e. The Kier molecular flexibility index (Phi) is 1.87. The summed E-state index contributed by atoms with van der Waals surface area (Å²) >= 11 is 0. The molecule has 18 heavy (non-hydrogen) atoms. The van der Waals surface area contributed by atoms with Crippen molar-refractivity contribution in [3.05, 3.63) is 51.9 Å². The number of fused-ring (bicyclic) bond motifs is 5. The van der Waals surface area contributed by atoms with Gasteiger partial charge in [0, 0.05) is 6.42 Å². The van der Waals surface area contributed by atoms with Crippen molar-refractivity contribution in [3.63, 3.8) is 0 Å². The van der Waals surface area contributed by atoms with Crippen molar-refractivity contribution >= 4 is 34.8 Å². The number of hydrogen-bond donors (Lipinski definition) is 0. The van der Waals surface area contributed by atoms with Crippen molar-refractivity contribution in [2.24, 2.45) is 0 Å². The zero-order valence-electron chi connectivity index (χ0n) is 9.94. The van der Waals surface area contributed by atoms with Gasteiger partial charge >= 0.3 is 0 Å². The highest BCUT2D eigenvalue weighted by molar-refractivity contribution is 6.10. The van der Waals surface area contributed by atoms with Gasteiger partial charge in [-0.1, -0.05) is 42.5 Å². The Bertz CT molecular complexity index is 838. The first kappa shape index (κ1) is 9.84. The number of hydrogen-bond acceptors (Lipinski definition) is 1. The van der Waals surface area contributed by atoms with E-state index in [-0.39, 0.29) is 5.78 Å². The van der Waals surface area contributed by atoms with E-state index in [2.05, 4.69) is 42.5 Å². The van der Waals surface area contributed by atoms with Gasteiger partial charge in [-0.3, -0.25) is 4.79 Å². The molecule has 1 heteroatoms. The molecule has 4 rings (SSSR count). The van der Waals surface area contributed by atoms with Gasteiger partial charge in [-0.2, -0.15) is 0 Å². The fourth-order valence-electron chi connectivity index (χ4n) is 3.00. The summed E-state index contributed by atoms with van der Waals surface area (Å²) in [4.78, 5) is 11.5. The van der Waals surface area contributed by atoms with Crippen molar-refractivity contribution < 1.29 is 4.79 Å². The molecule has 1 nitrogen and oxygen atoms in total. The second-order valence-electron chi connectivity index (χ2n) is 4.92. The van der Waals surface area contributed by atoms with Gasteiger partial charge < -0.3 is 0 Å². The highest BCUT2D eigenvalue weighted by atomic mass is 16.1. The highest BCUT2D eigenvalue weighted by Crippen LogP contribution is 2.26. The van der Waals surface area contributed by atoms with Gasteiger partial charge in [-0.15, -0.1) is 0 Å². The zero-order valence-corrected chi connectivity index (χ0v) is 9.94. The van der Waals surface area contributed by atoms with Crippen LogP contribution in [0.3, 0.4) is 0 Å². The molecule has 0 fully saturated rings. The summed E-state index contributed by atoms with van der Waals surface area (Å²) in [5.41, 5.74) is 2.75. The van der Waals surface area contributed by atoms with Crippen LogP contribution in [-0.2, 0) is 11.2 Å². The lowest BCUT2D eigenvalue weighted by Crippen LogP contribution is -2.29. The van der Waals surface area contributed by atoms with Crippen LogP contribution in [0.15, 0.2) is 30.3 Å². The molecule has 86 valence electrons. The summed E-state index contributed by atoms with van der Waals surface area (Å²) in [6, 6.07) is 8.60. The van der Waals surface area contributed by atoms with Crippen LogP contribution < -0.4 is 10.4 Å². The van der Waals surface area contributed by atoms with Gasteiger partial charge in [-0.05, 0) is 44.8 Å². The first-order chi connectivity index (χ1) is 8.83. The Balaban J connectivity index is 2.19. The van der Waals surface area contributed by atoms with E-state index in [4.69, 9.17) is 0 Å². The van der Waals surface area contributed by atoms with E-state index in [1.807, 2.05) is 0 Å². The minimum atomic E-state index is 0.199. The summed E-state index contributed by atoms with van der Waals surface area (Å²) in [5, 5.41) is 4.89. The highest BCUT2D eigenvalue weighted by Gasteiger charge is 2.11. The molecule has 2 aliphatic carbocycles. The lowest BCUT2D eigenvalue weighted by Gasteiger charge is -2.08. The standard InChI is InChI=1S/C17H12O/c18-13-6-9-15-12(10-13)5-8-16-14-3-1-2-11(14)4-7-17(15)16/h1-2,4-5,7-10H,3,6H2. The summed E-state index contributed by atoms with van der Waals surface area (Å²) < 4.78 is 0. The van der Waals surface area contributed by atoms with E-state index < -0.39 is 0 Å². The Hall–Kier alpha value is -2.15. The molecule has 0 unspecified atom stereocenters. The maximum atomic E-state index is 11.5. The van der Waals surface area contributed by atoms with Gasteiger partial charge in [0.05, 0.1) is 0 Å². The number of carbonyl (C=O) groups excluding carboxylic acids is 1. The number of allylic oxidation sites excluding steroid dienone is 1. The SMILES string of the molecule is O=C1C=c2ccc3c4c(ccc3c2=CC1)C=CC4. The molecule has 0 radical (unpaired) electrons. The van der Waals surface area contributed by atoms with Crippen molar-refractivity contribution in [2.75, 3.05) is 0 Å². The van der Waals surface area contributed by atoms with Crippen molar-refractivity contribution in [3.8, 4) is 0 Å². The fraction of sp³-hybridized carbons (Fsp3) is 0.118. The quantitative estimate of drug-likeness (QED) is 0.678. The van der Waals surface area contributed by atoms with E-state index in [0.29, 0.717) is 6.42 Å². The molecule has 2 aliphatic rings. The van der Waals surface area contributed by atoms with Crippen LogP contribution in [0, 0.1) is 0 Å². The average molecular weight is 232 g/mol. The molecular weight excluding hydrogens is 220 g/mol. The molecule has 2 aromatic carbocycles. The van der Waals surface area contributed by atoms with E-state index in [1.54, 1.807) is 6.08 Å². The van der Waals surface area contributed by atoms with Crippen LogP contribution in [0.1, 0.15) is 17.5 Å². The number of benzene rings is 2. The van der Waals surface area contributed by atoms with Crippen LogP contribution in [0.5, 0.6) is 0 Å². The third-order valence-corrected chi connectivity index (χ3v) is 3.87. The van der Waals surface area contributed by atoms with Crippen LogP contribution in [0.25, 0.3) is 29.0 Å². The average Bonchev–Trinajstić information content (AvgIpc) is 2.86. The summed E-state index contributed by atoms with van der Waals surface area (Å²) in [5.74, 6) is 0.199. The first-order valence-corrected chi connectivity index (χ1v) is 6.29. The number of ketones is 1. The van der Waals surface area contributed by atoms with Crippen LogP contribution in [0.2, 0.25) is 0 Å². The molecule has 0 saturated heterocycles. The van der Waals surface area contributed by atoms with Crippen molar-refractivity contribution in [1.82, 2.24) is 0 Å². The molecule has 0 bridgehead atoms. The topological polar surface area (TPSA) is 17.1 Å². The van der Waals surface area contributed by atoms with Crippen molar-refractivity contribution in [2.45, 2.75) is 12.8 Å². The lowest BCUT2D eigenvalue weighted by molar-refractivity contribution is -0.112. The fourth-order valence-corrected chi connectivity index (χ4v) is 3.00. The summed E-state index contributed by atoms with van der Waals surface area (Å²) in [7, 11) is 0. The third kappa shape index (κ3) is 1.25. The third-order valence-electron chi connectivity index (χ3n) is 3.87. The molecule has 0 atom stereocenters. The van der Waals surface area contributed by atoms with Gasteiger partial charge in [0.25, 0.3) is 0 Å². The van der Waals surface area contributed by atoms with E-state index >= 15 is 0 Å². The molecule has 0 spiro atoms. The predicted octanol–water partition coefficient (Wildman–Crippen LogP) is 1.94. The molecular formula is C17H12O. The van der Waals surface area contributed by atoms with Crippen molar-refractivity contribution in [1.29, 1.82) is 0 Å². The second kappa shape index (κ2) is 3.42. The normalized spacial score (nSPS) is 16.1. The molecule has 0 aliphatic heterocycles. The molecule has 0 heterocycles. The zero-order chi connectivity index (χ0) is 12.1. The maximum Gasteiger partial charge on any atom is 0.160 e. The number of Topliss-reactive ketones (excluding diaryl/α,β-unsaturated/α-hetero) is 1. The van der Waals surface area contributed by atoms with Gasteiger partial charge in [0.2, 0.25) is 0 Å². The predicted molar refractivity (Wildman–Crippen MR) is 74.5 cm³/mol. The van der Waals surface area contributed by atoms with Crippen LogP contribution in [0.4, 0.5) is 0 Å². The van der Waals surface area contributed by atoms with E-state index in [9.17, 15) is 4.79 Å². The van der Waals surface area contributed by atoms with Crippen LogP contribution >= 0.6 is 0 Å². The maximum absolute atomic E-state index is 11.5. The Morgan fingerprint density at radius 3 is 2.78 bits per heavy atom. The lowest BCUT2D eigenvalue weighted by atomic mass is 9.95. The summed E-state index contributed by atoms with van der Waals surface area (Å²) in [6.07, 6.45) is 9.78. The van der Waals surface area contributed by atoms with Gasteiger partial charge in [-0.25, -0.2) is 0 Å². The number of carbonyl (C=O) groups is 1. The molecule has 0 saturated carbocycles. The van der Waals surface area contributed by atoms with Gasteiger partial charge in [0.15, 0.2) is 5.78 Å². The van der Waals surface area contributed by atoms with Gasteiger partial charge in [0.1, 0.15) is 0 Å².